The van der Waals surface area contributed by atoms with Crippen LogP contribution >= 0.6 is 0 Å². The lowest BCUT2D eigenvalue weighted by Gasteiger charge is -2.25. The number of hydrogen-bond acceptors (Lipinski definition) is 0. The van der Waals surface area contributed by atoms with Crippen molar-refractivity contribution >= 4 is 0 Å². The summed E-state index contributed by atoms with van der Waals surface area (Å²) < 4.78 is 0. The van der Waals surface area contributed by atoms with Crippen molar-refractivity contribution in [2.75, 3.05) is 0 Å². The molecule has 3 atom stereocenters. The van der Waals surface area contributed by atoms with Crippen LogP contribution in [0.1, 0.15) is 118 Å². The molecule has 0 heteroatoms. The fourth-order valence-electron chi connectivity index (χ4n) is 3.89. The van der Waals surface area contributed by atoms with Gasteiger partial charge in [-0.05, 0) is 30.6 Å². The first-order valence-corrected chi connectivity index (χ1v) is 10.2. The summed E-state index contributed by atoms with van der Waals surface area (Å²) in [6.45, 7) is 11.9. The lowest BCUT2D eigenvalue weighted by atomic mass is 9.81. The van der Waals surface area contributed by atoms with Gasteiger partial charge in [-0.15, -0.1) is 0 Å². The summed E-state index contributed by atoms with van der Waals surface area (Å²) in [5.41, 5.74) is 0. The van der Waals surface area contributed by atoms with Gasteiger partial charge in [0.25, 0.3) is 0 Å². The summed E-state index contributed by atoms with van der Waals surface area (Å²) in [5.74, 6) is 2.93. The Bertz CT molecular complexity index is 196. The van der Waals surface area contributed by atoms with Crippen molar-refractivity contribution in [3.05, 3.63) is 0 Å². The summed E-state index contributed by atoms with van der Waals surface area (Å²) in [4.78, 5) is 0. The third kappa shape index (κ3) is 12.2. The highest BCUT2D eigenvalue weighted by Gasteiger charge is 2.17. The minimum absolute atomic E-state index is 0.947. The van der Waals surface area contributed by atoms with E-state index in [4.69, 9.17) is 0 Å². The van der Waals surface area contributed by atoms with E-state index >= 15 is 0 Å². The molecule has 0 spiro atoms. The molecule has 21 heavy (non-hydrogen) atoms. The quantitative estimate of drug-likeness (QED) is 0.268. The molecule has 0 aromatic rings. The van der Waals surface area contributed by atoms with E-state index in [0.717, 1.165) is 17.8 Å². The van der Waals surface area contributed by atoms with Gasteiger partial charge in [0.05, 0.1) is 0 Å². The Labute approximate surface area is 136 Å². The first-order chi connectivity index (χ1) is 10.2. The highest BCUT2D eigenvalue weighted by Crippen LogP contribution is 2.30. The maximum Gasteiger partial charge on any atom is -0.0409 e. The fraction of sp³-hybridized carbons (Fsp3) is 1.00. The topological polar surface area (TPSA) is 0 Å². The zero-order valence-electron chi connectivity index (χ0n) is 15.9. The van der Waals surface area contributed by atoms with Crippen LogP contribution in [0.25, 0.3) is 0 Å². The third-order valence-corrected chi connectivity index (χ3v) is 5.17. The molecule has 0 saturated carbocycles. The van der Waals surface area contributed by atoms with Gasteiger partial charge in [0, 0.05) is 0 Å². The fourth-order valence-corrected chi connectivity index (χ4v) is 3.89. The molecular weight excluding hydrogens is 252 g/mol. The molecule has 0 aliphatic rings. The lowest BCUT2D eigenvalue weighted by Crippen LogP contribution is -2.12. The largest absolute Gasteiger partial charge is 0.0654 e. The average Bonchev–Trinajstić information content (AvgIpc) is 2.46. The maximum atomic E-state index is 2.50. The molecule has 0 N–H and O–H groups in total. The first-order valence-electron chi connectivity index (χ1n) is 10.2. The SMILES string of the molecule is CCCCCCCC(C)CC(CCC)CC(CC)CCC. The van der Waals surface area contributed by atoms with Gasteiger partial charge in [-0.2, -0.15) is 0 Å². The van der Waals surface area contributed by atoms with Crippen LogP contribution in [0.15, 0.2) is 0 Å². The van der Waals surface area contributed by atoms with Crippen molar-refractivity contribution in [2.24, 2.45) is 17.8 Å². The number of unbranched alkanes of at least 4 members (excludes halogenated alkanes) is 4. The van der Waals surface area contributed by atoms with E-state index in [0.29, 0.717) is 0 Å². The van der Waals surface area contributed by atoms with Crippen LogP contribution in [-0.2, 0) is 0 Å². The Balaban J connectivity index is 3.98. The summed E-state index contributed by atoms with van der Waals surface area (Å²) >= 11 is 0. The molecule has 0 aliphatic heterocycles. The van der Waals surface area contributed by atoms with Crippen LogP contribution in [0.5, 0.6) is 0 Å². The first kappa shape index (κ1) is 21.0. The molecule has 0 aromatic carbocycles. The van der Waals surface area contributed by atoms with Crippen molar-refractivity contribution < 1.29 is 0 Å². The lowest BCUT2D eigenvalue weighted by molar-refractivity contribution is 0.271. The zero-order chi connectivity index (χ0) is 15.9. The molecule has 0 heterocycles. The van der Waals surface area contributed by atoms with Gasteiger partial charge in [-0.1, -0.05) is 105 Å². The van der Waals surface area contributed by atoms with Gasteiger partial charge in [-0.3, -0.25) is 0 Å². The van der Waals surface area contributed by atoms with Crippen molar-refractivity contribution in [3.63, 3.8) is 0 Å². The van der Waals surface area contributed by atoms with Crippen LogP contribution < -0.4 is 0 Å². The van der Waals surface area contributed by atoms with E-state index in [9.17, 15) is 0 Å². The third-order valence-electron chi connectivity index (χ3n) is 5.17. The second kappa shape index (κ2) is 14.9. The van der Waals surface area contributed by atoms with Gasteiger partial charge >= 0.3 is 0 Å². The summed E-state index contributed by atoms with van der Waals surface area (Å²) in [7, 11) is 0. The van der Waals surface area contributed by atoms with Gasteiger partial charge in [0.2, 0.25) is 0 Å². The van der Waals surface area contributed by atoms with Gasteiger partial charge in [-0.25, -0.2) is 0 Å². The number of hydrogen-bond donors (Lipinski definition) is 0. The molecule has 0 nitrogen and oxygen atoms in total. The smallest absolute Gasteiger partial charge is 0.0409 e. The summed E-state index contributed by atoms with van der Waals surface area (Å²) in [6, 6.07) is 0. The second-order valence-corrected chi connectivity index (χ2v) is 7.50. The van der Waals surface area contributed by atoms with Crippen molar-refractivity contribution in [1.82, 2.24) is 0 Å². The minimum Gasteiger partial charge on any atom is -0.0654 e. The Morgan fingerprint density at radius 1 is 0.571 bits per heavy atom. The molecule has 0 saturated heterocycles. The molecule has 0 radical (unpaired) electrons. The predicted octanol–water partition coefficient (Wildman–Crippen LogP) is 8.01. The Morgan fingerprint density at radius 3 is 1.76 bits per heavy atom. The molecule has 0 aromatic heterocycles. The Hall–Kier alpha value is 0. The van der Waals surface area contributed by atoms with E-state index in [1.165, 1.54) is 83.5 Å². The van der Waals surface area contributed by atoms with E-state index < -0.39 is 0 Å². The molecule has 0 bridgehead atoms. The zero-order valence-corrected chi connectivity index (χ0v) is 15.9. The van der Waals surface area contributed by atoms with Gasteiger partial charge in [0.15, 0.2) is 0 Å². The average molecular weight is 297 g/mol. The predicted molar refractivity (Wildman–Crippen MR) is 98.9 cm³/mol. The van der Waals surface area contributed by atoms with Crippen LogP contribution in [0, 0.1) is 17.8 Å². The molecule has 128 valence electrons. The summed E-state index contributed by atoms with van der Waals surface area (Å²) in [6.07, 6.45) is 18.7. The standard InChI is InChI=1S/C21H44/c1-6-10-11-12-13-16-19(5)17-21(15-8-3)18-20(9-4)14-7-2/h19-21H,6-18H2,1-5H3. The molecule has 3 unspecified atom stereocenters. The Morgan fingerprint density at radius 2 is 1.19 bits per heavy atom. The molecule has 0 rings (SSSR count). The van der Waals surface area contributed by atoms with E-state index in [2.05, 4.69) is 34.6 Å². The van der Waals surface area contributed by atoms with Gasteiger partial charge < -0.3 is 0 Å². The van der Waals surface area contributed by atoms with Crippen LogP contribution in [0.2, 0.25) is 0 Å². The van der Waals surface area contributed by atoms with E-state index in [1.807, 2.05) is 0 Å². The van der Waals surface area contributed by atoms with Crippen molar-refractivity contribution in [1.29, 1.82) is 0 Å². The van der Waals surface area contributed by atoms with Crippen molar-refractivity contribution in [3.8, 4) is 0 Å². The minimum atomic E-state index is 0.947. The summed E-state index contributed by atoms with van der Waals surface area (Å²) in [5, 5.41) is 0. The maximum absolute atomic E-state index is 2.50. The second-order valence-electron chi connectivity index (χ2n) is 7.50. The molecule has 0 amide bonds. The Kier molecular flexibility index (Phi) is 14.9. The van der Waals surface area contributed by atoms with Crippen LogP contribution in [-0.4, -0.2) is 0 Å². The molecule has 0 aliphatic carbocycles. The normalized spacial score (nSPS) is 15.9. The van der Waals surface area contributed by atoms with Crippen LogP contribution in [0.4, 0.5) is 0 Å². The highest BCUT2D eigenvalue weighted by molar-refractivity contribution is 4.69. The van der Waals surface area contributed by atoms with E-state index in [1.54, 1.807) is 0 Å². The number of rotatable bonds is 15. The monoisotopic (exact) mass is 296 g/mol. The van der Waals surface area contributed by atoms with Crippen LogP contribution in [0.3, 0.4) is 0 Å². The van der Waals surface area contributed by atoms with Crippen molar-refractivity contribution in [2.45, 2.75) is 118 Å². The van der Waals surface area contributed by atoms with E-state index in [-0.39, 0.29) is 0 Å². The molecular formula is C21H44. The van der Waals surface area contributed by atoms with Gasteiger partial charge in [0.1, 0.15) is 0 Å². The molecule has 0 fully saturated rings. The highest BCUT2D eigenvalue weighted by atomic mass is 14.2.